The van der Waals surface area contributed by atoms with Crippen LogP contribution in [0, 0.1) is 5.82 Å². The Morgan fingerprint density at radius 2 is 2.04 bits per heavy atom. The Hall–Kier alpha value is -2.13. The van der Waals surface area contributed by atoms with Gasteiger partial charge >= 0.3 is 0 Å². The maximum absolute atomic E-state index is 13.8. The number of hydrogen-bond donors (Lipinski definition) is 1. The first kappa shape index (κ1) is 21.2. The summed E-state index contributed by atoms with van der Waals surface area (Å²) < 4.78 is 26.4. The number of rotatable bonds is 10. The van der Waals surface area contributed by atoms with Gasteiger partial charge in [-0.15, -0.1) is 10.2 Å². The van der Waals surface area contributed by atoms with Crippen molar-refractivity contribution >= 4 is 17.7 Å². The third-order valence-electron chi connectivity index (χ3n) is 3.56. The van der Waals surface area contributed by atoms with Gasteiger partial charge in [0.05, 0.1) is 18.4 Å². The fourth-order valence-electron chi connectivity index (χ4n) is 2.46. The molecule has 0 spiro atoms. The van der Waals surface area contributed by atoms with Crippen LogP contribution in [0.15, 0.2) is 29.4 Å². The first-order valence-electron chi connectivity index (χ1n) is 8.64. The first-order valence-corrected chi connectivity index (χ1v) is 9.63. The number of halogens is 1. The van der Waals surface area contributed by atoms with Crippen molar-refractivity contribution in [2.75, 3.05) is 19.5 Å². The maximum atomic E-state index is 13.8. The summed E-state index contributed by atoms with van der Waals surface area (Å²) in [5, 5.41) is 11.8. The molecule has 2 rings (SSSR count). The van der Waals surface area contributed by atoms with Gasteiger partial charge in [0.25, 0.3) is 0 Å². The zero-order valence-corrected chi connectivity index (χ0v) is 16.8. The molecule has 1 amide bonds. The molecule has 1 aromatic carbocycles. The Balaban J connectivity index is 2.13. The van der Waals surface area contributed by atoms with Crippen molar-refractivity contribution in [1.82, 2.24) is 20.1 Å². The minimum Gasteiger partial charge on any atom is -0.483 e. The van der Waals surface area contributed by atoms with Crippen LogP contribution >= 0.6 is 11.8 Å². The number of para-hydroxylation sites is 1. The van der Waals surface area contributed by atoms with Gasteiger partial charge < -0.3 is 14.8 Å². The highest BCUT2D eigenvalue weighted by Gasteiger charge is 2.20. The van der Waals surface area contributed by atoms with Gasteiger partial charge in [-0.1, -0.05) is 23.9 Å². The zero-order valence-electron chi connectivity index (χ0n) is 15.9. The molecule has 0 aliphatic heterocycles. The molecule has 1 heterocycles. The van der Waals surface area contributed by atoms with Crippen LogP contribution in [0.1, 0.15) is 32.6 Å². The van der Waals surface area contributed by atoms with E-state index in [0.717, 1.165) is 0 Å². The summed E-state index contributed by atoms with van der Waals surface area (Å²) >= 11 is 1.29. The average Bonchev–Trinajstić information content (AvgIpc) is 3.02. The van der Waals surface area contributed by atoms with E-state index in [2.05, 4.69) is 15.5 Å². The molecule has 1 atom stereocenters. The molecule has 0 unspecified atom stereocenters. The molecular weight excluding hydrogens is 371 g/mol. The number of benzene rings is 1. The van der Waals surface area contributed by atoms with E-state index in [1.54, 1.807) is 25.3 Å². The fraction of sp³-hybridized carbons (Fsp3) is 0.500. The predicted octanol–water partition coefficient (Wildman–Crippen LogP) is 2.82. The Morgan fingerprint density at radius 1 is 1.30 bits per heavy atom. The summed E-state index contributed by atoms with van der Waals surface area (Å²) in [6, 6.07) is 6.20. The zero-order chi connectivity index (χ0) is 19.8. The van der Waals surface area contributed by atoms with Crippen molar-refractivity contribution in [3.05, 3.63) is 35.9 Å². The van der Waals surface area contributed by atoms with Gasteiger partial charge in [0.2, 0.25) is 5.91 Å². The highest BCUT2D eigenvalue weighted by Crippen LogP contribution is 2.23. The molecule has 0 bridgehead atoms. The number of hydrogen-bond acceptors (Lipinski definition) is 6. The van der Waals surface area contributed by atoms with Crippen LogP contribution < -0.4 is 10.1 Å². The summed E-state index contributed by atoms with van der Waals surface area (Å²) in [6.07, 6.45) is 0. The lowest BCUT2D eigenvalue weighted by Crippen LogP contribution is -2.31. The van der Waals surface area contributed by atoms with Gasteiger partial charge in [0.1, 0.15) is 6.61 Å². The number of carbonyl (C=O) groups is 1. The smallest absolute Gasteiger partial charge is 0.230 e. The fourth-order valence-corrected chi connectivity index (χ4v) is 3.33. The summed E-state index contributed by atoms with van der Waals surface area (Å²) in [5.41, 5.74) is 0. The lowest BCUT2D eigenvalue weighted by Gasteiger charge is -2.17. The van der Waals surface area contributed by atoms with Gasteiger partial charge in [-0.2, -0.15) is 0 Å². The second-order valence-corrected chi connectivity index (χ2v) is 7.25. The number of nitrogens with one attached hydrogen (secondary N) is 1. The third-order valence-corrected chi connectivity index (χ3v) is 4.50. The largest absolute Gasteiger partial charge is 0.483 e. The minimum atomic E-state index is -0.437. The summed E-state index contributed by atoms with van der Waals surface area (Å²) in [4.78, 5) is 11.9. The van der Waals surface area contributed by atoms with Crippen molar-refractivity contribution in [3.8, 4) is 5.75 Å². The molecule has 2 aromatic rings. The molecule has 27 heavy (non-hydrogen) atoms. The molecule has 1 N–H and O–H groups in total. The van der Waals surface area contributed by atoms with Gasteiger partial charge in [-0.25, -0.2) is 4.39 Å². The van der Waals surface area contributed by atoms with Gasteiger partial charge in [0.15, 0.2) is 22.5 Å². The highest BCUT2D eigenvalue weighted by atomic mass is 32.2. The average molecular weight is 396 g/mol. The second-order valence-electron chi connectivity index (χ2n) is 6.30. The number of thioether (sulfide) groups is 1. The molecular formula is C18H25FN4O3S. The molecule has 7 nitrogen and oxygen atoms in total. The van der Waals surface area contributed by atoms with E-state index in [9.17, 15) is 9.18 Å². The lowest BCUT2D eigenvalue weighted by molar-refractivity contribution is -0.119. The molecule has 148 valence electrons. The second kappa shape index (κ2) is 10.3. The third kappa shape index (κ3) is 6.21. The van der Waals surface area contributed by atoms with Crippen molar-refractivity contribution in [2.45, 2.75) is 44.6 Å². The van der Waals surface area contributed by atoms with Crippen LogP contribution in [-0.4, -0.2) is 46.2 Å². The molecule has 0 aliphatic rings. The quantitative estimate of drug-likeness (QED) is 0.622. The van der Waals surface area contributed by atoms with Crippen LogP contribution in [0.4, 0.5) is 4.39 Å². The van der Waals surface area contributed by atoms with Crippen molar-refractivity contribution in [1.29, 1.82) is 0 Å². The van der Waals surface area contributed by atoms with E-state index in [0.29, 0.717) is 17.6 Å². The number of carbonyl (C=O) groups excluding carboxylic acids is 1. The predicted molar refractivity (Wildman–Crippen MR) is 101 cm³/mol. The molecule has 0 aliphatic carbocycles. The van der Waals surface area contributed by atoms with Crippen LogP contribution in [0.25, 0.3) is 0 Å². The van der Waals surface area contributed by atoms with E-state index in [-0.39, 0.29) is 36.1 Å². The van der Waals surface area contributed by atoms with Crippen LogP contribution in [0.2, 0.25) is 0 Å². The van der Waals surface area contributed by atoms with Crippen molar-refractivity contribution < 1.29 is 18.7 Å². The summed E-state index contributed by atoms with van der Waals surface area (Å²) in [5.74, 6) is 0.401. The van der Waals surface area contributed by atoms with Crippen LogP contribution in [0.5, 0.6) is 5.75 Å². The number of nitrogens with zero attached hydrogens (tertiary/aromatic N) is 3. The van der Waals surface area contributed by atoms with E-state index in [4.69, 9.17) is 9.47 Å². The lowest BCUT2D eigenvalue weighted by atomic mass is 10.3. The Bertz CT molecular complexity index is 754. The molecule has 0 radical (unpaired) electrons. The van der Waals surface area contributed by atoms with Crippen LogP contribution in [0.3, 0.4) is 0 Å². The maximum Gasteiger partial charge on any atom is 0.230 e. The molecule has 9 heteroatoms. The molecule has 1 aromatic heterocycles. The van der Waals surface area contributed by atoms with E-state index >= 15 is 0 Å². The number of amides is 1. The Labute approximate surface area is 162 Å². The van der Waals surface area contributed by atoms with Gasteiger partial charge in [-0.3, -0.25) is 9.36 Å². The van der Waals surface area contributed by atoms with E-state index in [1.807, 2.05) is 25.3 Å². The van der Waals surface area contributed by atoms with Gasteiger partial charge in [0, 0.05) is 13.2 Å². The molecule has 0 saturated heterocycles. The van der Waals surface area contributed by atoms with Crippen molar-refractivity contribution in [3.63, 3.8) is 0 Å². The number of ether oxygens (including phenoxy) is 2. The van der Waals surface area contributed by atoms with Gasteiger partial charge in [-0.05, 0) is 32.9 Å². The number of aromatic nitrogens is 3. The first-order chi connectivity index (χ1) is 12.9. The van der Waals surface area contributed by atoms with Crippen molar-refractivity contribution in [2.24, 2.45) is 0 Å². The normalized spacial score (nSPS) is 12.2. The van der Waals surface area contributed by atoms with Crippen LogP contribution in [-0.2, 0) is 16.1 Å². The number of methoxy groups -OCH3 is 1. The van der Waals surface area contributed by atoms with E-state index in [1.165, 1.54) is 17.8 Å². The summed E-state index contributed by atoms with van der Waals surface area (Å²) in [7, 11) is 1.61. The highest BCUT2D eigenvalue weighted by molar-refractivity contribution is 7.99. The monoisotopic (exact) mass is 396 g/mol. The summed E-state index contributed by atoms with van der Waals surface area (Å²) in [6.45, 7) is 6.27. The van der Waals surface area contributed by atoms with E-state index < -0.39 is 5.82 Å². The minimum absolute atomic E-state index is 0.0563. The SMILES string of the molecule is COC[C@H](C)n1c(COc2ccccc2F)nnc1SCC(=O)NC(C)C. The Kier molecular flexibility index (Phi) is 8.05. The molecule has 0 saturated carbocycles. The standard InChI is InChI=1S/C18H25FN4O3S/c1-12(2)20-17(24)11-27-18-22-21-16(23(18)13(3)9-25-4)10-26-15-8-6-5-7-14(15)19/h5-8,12-13H,9-11H2,1-4H3,(H,20,24)/t13-/m0/s1. The molecule has 0 fully saturated rings. The Morgan fingerprint density at radius 3 is 2.70 bits per heavy atom. The topological polar surface area (TPSA) is 78.3 Å².